The van der Waals surface area contributed by atoms with Gasteiger partial charge in [-0.3, -0.25) is 9.59 Å². The number of carbonyl (C=O) groups is 2. The Morgan fingerprint density at radius 2 is 1.81 bits per heavy atom. The fraction of sp³-hybridized carbons (Fsp3) is 0.304. The molecule has 0 N–H and O–H groups in total. The number of ether oxygens (including phenoxy) is 2. The Morgan fingerprint density at radius 1 is 1.07 bits per heavy atom. The average molecular weight is 362 g/mol. The molecule has 1 fully saturated rings. The summed E-state index contributed by atoms with van der Waals surface area (Å²) in [5.41, 5.74) is 2.09. The lowest BCUT2D eigenvalue weighted by Gasteiger charge is -2.20. The molecule has 4 nitrogen and oxygen atoms in total. The zero-order valence-electron chi connectivity index (χ0n) is 15.4. The molecule has 2 aromatic rings. The fourth-order valence-corrected chi connectivity index (χ4v) is 3.71. The van der Waals surface area contributed by atoms with Crippen molar-refractivity contribution in [3.05, 3.63) is 64.9 Å². The molecule has 1 heterocycles. The number of carbonyl (C=O) groups excluding carboxylic acids is 2. The van der Waals surface area contributed by atoms with E-state index in [1.54, 1.807) is 18.2 Å². The number of allylic oxidation sites excluding steroid dienone is 1. The van der Waals surface area contributed by atoms with E-state index in [0.717, 1.165) is 31.2 Å². The van der Waals surface area contributed by atoms with Gasteiger partial charge in [0, 0.05) is 5.56 Å². The van der Waals surface area contributed by atoms with Crippen molar-refractivity contribution in [1.82, 2.24) is 0 Å². The molecule has 2 aromatic carbocycles. The summed E-state index contributed by atoms with van der Waals surface area (Å²) in [6, 6.07) is 12.9. The largest absolute Gasteiger partial charge is 0.452 e. The monoisotopic (exact) mass is 362 g/mol. The van der Waals surface area contributed by atoms with Gasteiger partial charge in [-0.05, 0) is 43.5 Å². The lowest BCUT2D eigenvalue weighted by atomic mass is 9.89. The second kappa shape index (κ2) is 7.39. The van der Waals surface area contributed by atoms with Crippen LogP contribution in [0, 0.1) is 12.8 Å². The number of rotatable bonds is 3. The molecule has 4 heteroatoms. The Balaban J connectivity index is 1.57. The van der Waals surface area contributed by atoms with Crippen LogP contribution in [0.4, 0.5) is 0 Å². The minimum absolute atomic E-state index is 0.0255. The molecular weight excluding hydrogens is 340 g/mol. The van der Waals surface area contributed by atoms with Gasteiger partial charge < -0.3 is 9.47 Å². The van der Waals surface area contributed by atoms with Crippen molar-refractivity contribution in [2.45, 2.75) is 39.0 Å². The van der Waals surface area contributed by atoms with Gasteiger partial charge in [0.1, 0.15) is 11.5 Å². The van der Waals surface area contributed by atoms with E-state index in [9.17, 15) is 9.59 Å². The van der Waals surface area contributed by atoms with Crippen molar-refractivity contribution < 1.29 is 19.1 Å². The fourth-order valence-electron chi connectivity index (χ4n) is 3.71. The second-order valence-corrected chi connectivity index (χ2v) is 7.17. The first-order valence-corrected chi connectivity index (χ1v) is 9.48. The van der Waals surface area contributed by atoms with Crippen molar-refractivity contribution in [3.8, 4) is 11.5 Å². The van der Waals surface area contributed by atoms with Crippen molar-refractivity contribution in [2.75, 3.05) is 0 Å². The van der Waals surface area contributed by atoms with Crippen LogP contribution in [0.25, 0.3) is 6.08 Å². The quantitative estimate of drug-likeness (QED) is 0.433. The normalized spacial score (nSPS) is 18.3. The Kier molecular flexibility index (Phi) is 4.80. The van der Waals surface area contributed by atoms with Crippen LogP contribution in [0.15, 0.2) is 48.2 Å². The van der Waals surface area contributed by atoms with E-state index in [0.29, 0.717) is 22.6 Å². The third-order valence-electron chi connectivity index (χ3n) is 5.28. The van der Waals surface area contributed by atoms with Crippen LogP contribution < -0.4 is 9.47 Å². The number of benzene rings is 2. The first kappa shape index (κ1) is 17.5. The van der Waals surface area contributed by atoms with Crippen molar-refractivity contribution in [2.24, 2.45) is 5.92 Å². The number of Topliss-reactive ketones (excluding diaryl/α,β-unsaturated/α-hetero) is 1. The van der Waals surface area contributed by atoms with E-state index in [2.05, 4.69) is 0 Å². The zero-order chi connectivity index (χ0) is 18.8. The number of ketones is 1. The highest BCUT2D eigenvalue weighted by molar-refractivity contribution is 6.15. The highest BCUT2D eigenvalue weighted by atomic mass is 16.5. The molecule has 0 amide bonds. The van der Waals surface area contributed by atoms with Crippen LogP contribution in [-0.4, -0.2) is 11.8 Å². The molecule has 1 saturated carbocycles. The summed E-state index contributed by atoms with van der Waals surface area (Å²) in [5.74, 6) is 0.885. The highest BCUT2D eigenvalue weighted by Crippen LogP contribution is 2.39. The number of hydrogen-bond acceptors (Lipinski definition) is 4. The smallest absolute Gasteiger partial charge is 0.314 e. The van der Waals surface area contributed by atoms with Crippen LogP contribution in [0.3, 0.4) is 0 Å². The van der Waals surface area contributed by atoms with Crippen LogP contribution in [0.2, 0.25) is 0 Å². The van der Waals surface area contributed by atoms with Gasteiger partial charge in [-0.25, -0.2) is 0 Å². The van der Waals surface area contributed by atoms with Gasteiger partial charge in [0.25, 0.3) is 0 Å². The lowest BCUT2D eigenvalue weighted by molar-refractivity contribution is -0.140. The number of esters is 1. The van der Waals surface area contributed by atoms with E-state index < -0.39 is 0 Å². The van der Waals surface area contributed by atoms with Gasteiger partial charge in [-0.1, -0.05) is 49.6 Å². The van der Waals surface area contributed by atoms with Crippen molar-refractivity contribution >= 4 is 17.8 Å². The topological polar surface area (TPSA) is 52.6 Å². The molecule has 0 bridgehead atoms. The molecule has 2 aliphatic rings. The van der Waals surface area contributed by atoms with Crippen LogP contribution >= 0.6 is 0 Å². The Labute approximate surface area is 158 Å². The summed E-state index contributed by atoms with van der Waals surface area (Å²) in [6.45, 7) is 1.82. The van der Waals surface area contributed by atoms with Gasteiger partial charge in [-0.15, -0.1) is 0 Å². The highest BCUT2D eigenvalue weighted by Gasteiger charge is 2.31. The minimum Gasteiger partial charge on any atom is -0.452 e. The summed E-state index contributed by atoms with van der Waals surface area (Å²) < 4.78 is 11.5. The summed E-state index contributed by atoms with van der Waals surface area (Å²) in [5, 5.41) is 0. The van der Waals surface area contributed by atoms with E-state index in [4.69, 9.17) is 9.47 Å². The molecular formula is C23H22O4. The van der Waals surface area contributed by atoms with Gasteiger partial charge in [0.15, 0.2) is 5.76 Å². The summed E-state index contributed by atoms with van der Waals surface area (Å²) in [6.07, 6.45) is 6.86. The predicted octanol–water partition coefficient (Wildman–Crippen LogP) is 5.10. The first-order chi connectivity index (χ1) is 13.1. The van der Waals surface area contributed by atoms with E-state index in [-0.39, 0.29) is 23.4 Å². The van der Waals surface area contributed by atoms with Gasteiger partial charge in [-0.2, -0.15) is 0 Å². The van der Waals surface area contributed by atoms with Crippen LogP contribution in [0.1, 0.15) is 53.6 Å². The van der Waals surface area contributed by atoms with Crippen LogP contribution in [-0.2, 0) is 4.79 Å². The predicted molar refractivity (Wildman–Crippen MR) is 103 cm³/mol. The average Bonchev–Trinajstić information content (AvgIpc) is 3.02. The van der Waals surface area contributed by atoms with E-state index in [1.807, 2.05) is 37.3 Å². The molecule has 138 valence electrons. The van der Waals surface area contributed by atoms with Gasteiger partial charge in [0.2, 0.25) is 5.78 Å². The van der Waals surface area contributed by atoms with Gasteiger partial charge in [0.05, 0.1) is 11.5 Å². The molecule has 1 aliphatic carbocycles. The Bertz CT molecular complexity index is 905. The maximum atomic E-state index is 12.6. The molecule has 4 rings (SSSR count). The molecule has 0 aromatic heterocycles. The number of fused-ring (bicyclic) bond motifs is 1. The first-order valence-electron chi connectivity index (χ1n) is 9.48. The third-order valence-corrected chi connectivity index (χ3v) is 5.28. The number of hydrogen-bond donors (Lipinski definition) is 0. The lowest BCUT2D eigenvalue weighted by Crippen LogP contribution is -2.23. The molecule has 1 aliphatic heterocycles. The van der Waals surface area contributed by atoms with E-state index >= 15 is 0 Å². The van der Waals surface area contributed by atoms with Gasteiger partial charge >= 0.3 is 5.97 Å². The maximum absolute atomic E-state index is 12.6. The molecule has 0 unspecified atom stereocenters. The molecule has 0 saturated heterocycles. The molecule has 0 atom stereocenters. The second-order valence-electron chi connectivity index (χ2n) is 7.17. The minimum atomic E-state index is -0.179. The summed E-state index contributed by atoms with van der Waals surface area (Å²) in [7, 11) is 0. The SMILES string of the molecule is Cc1c(OC(=O)C2CCCCC2)ccc2c1O/C(=C\c1ccccc1)C2=O. The van der Waals surface area contributed by atoms with Crippen LogP contribution in [0.5, 0.6) is 11.5 Å². The summed E-state index contributed by atoms with van der Waals surface area (Å²) >= 11 is 0. The molecule has 27 heavy (non-hydrogen) atoms. The standard InChI is InChI=1S/C23H22O4/c1-15-19(27-23(25)17-10-6-3-7-11-17)13-12-18-21(24)20(26-22(15)18)14-16-8-4-2-5-9-16/h2,4-5,8-9,12-14,17H,3,6-7,10-11H2,1H3/b20-14-. The zero-order valence-corrected chi connectivity index (χ0v) is 15.4. The maximum Gasteiger partial charge on any atom is 0.314 e. The van der Waals surface area contributed by atoms with Crippen molar-refractivity contribution in [3.63, 3.8) is 0 Å². The Hall–Kier alpha value is -2.88. The molecule has 0 spiro atoms. The Morgan fingerprint density at radius 3 is 2.56 bits per heavy atom. The van der Waals surface area contributed by atoms with E-state index in [1.165, 1.54) is 6.42 Å². The van der Waals surface area contributed by atoms with Crippen molar-refractivity contribution in [1.29, 1.82) is 0 Å². The third kappa shape index (κ3) is 3.52. The molecule has 0 radical (unpaired) electrons. The summed E-state index contributed by atoms with van der Waals surface area (Å²) in [4.78, 5) is 25.1.